The summed E-state index contributed by atoms with van der Waals surface area (Å²) in [6, 6.07) is 5.76. The molecule has 0 spiro atoms. The van der Waals surface area contributed by atoms with Crippen molar-refractivity contribution >= 4 is 17.5 Å². The van der Waals surface area contributed by atoms with Gasteiger partial charge in [0.15, 0.2) is 0 Å². The van der Waals surface area contributed by atoms with Crippen LogP contribution in [-0.4, -0.2) is 19.1 Å². The number of rotatable bonds is 4. The Morgan fingerprint density at radius 3 is 2.83 bits per heavy atom. The normalized spacial score (nSPS) is 15.7. The number of amides is 1. The molecule has 2 rings (SSSR count). The molecule has 0 saturated heterocycles. The van der Waals surface area contributed by atoms with Gasteiger partial charge in [-0.05, 0) is 25.0 Å². The van der Waals surface area contributed by atoms with Gasteiger partial charge >= 0.3 is 0 Å². The third-order valence-electron chi connectivity index (χ3n) is 3.35. The molecule has 98 valence electrons. The molecule has 1 aromatic rings. The molecule has 0 atom stereocenters. The van der Waals surface area contributed by atoms with Crippen LogP contribution in [0.3, 0.4) is 0 Å². The van der Waals surface area contributed by atoms with Crippen LogP contribution >= 0.6 is 11.6 Å². The van der Waals surface area contributed by atoms with E-state index in [4.69, 9.17) is 16.3 Å². The van der Waals surface area contributed by atoms with Crippen molar-refractivity contribution in [3.8, 4) is 5.75 Å². The van der Waals surface area contributed by atoms with Gasteiger partial charge in [-0.3, -0.25) is 4.79 Å². The predicted octanol–water partition coefficient (Wildman–Crippen LogP) is 2.95. The van der Waals surface area contributed by atoms with Crippen molar-refractivity contribution in [3.05, 3.63) is 28.8 Å². The van der Waals surface area contributed by atoms with E-state index in [1.54, 1.807) is 13.2 Å². The topological polar surface area (TPSA) is 38.3 Å². The van der Waals surface area contributed by atoms with Crippen LogP contribution in [0.25, 0.3) is 0 Å². The van der Waals surface area contributed by atoms with Crippen molar-refractivity contribution in [2.75, 3.05) is 7.11 Å². The van der Waals surface area contributed by atoms with Crippen molar-refractivity contribution in [2.45, 2.75) is 38.1 Å². The zero-order valence-electron chi connectivity index (χ0n) is 10.5. The molecular weight excluding hydrogens is 250 g/mol. The first kappa shape index (κ1) is 13.2. The SMILES string of the molecule is COc1cccc(Cl)c1CC(=O)NC1CCCC1. The molecule has 4 heteroatoms. The number of halogens is 1. The smallest absolute Gasteiger partial charge is 0.224 e. The van der Waals surface area contributed by atoms with Crippen LogP contribution in [0.2, 0.25) is 5.02 Å². The van der Waals surface area contributed by atoms with Gasteiger partial charge in [-0.1, -0.05) is 30.5 Å². The standard InChI is InChI=1S/C14H18ClNO2/c1-18-13-8-4-7-12(15)11(13)9-14(17)16-10-5-2-3-6-10/h4,7-8,10H,2-3,5-6,9H2,1H3,(H,16,17). The van der Waals surface area contributed by atoms with Crippen molar-refractivity contribution in [1.82, 2.24) is 5.32 Å². The van der Waals surface area contributed by atoms with E-state index in [1.807, 2.05) is 12.1 Å². The summed E-state index contributed by atoms with van der Waals surface area (Å²) in [4.78, 5) is 12.0. The molecule has 3 nitrogen and oxygen atoms in total. The summed E-state index contributed by atoms with van der Waals surface area (Å²) >= 11 is 6.11. The molecule has 0 radical (unpaired) electrons. The number of benzene rings is 1. The van der Waals surface area contributed by atoms with E-state index in [9.17, 15) is 4.79 Å². The monoisotopic (exact) mass is 267 g/mol. The van der Waals surface area contributed by atoms with Gasteiger partial charge in [0.05, 0.1) is 13.5 Å². The molecule has 0 aliphatic heterocycles. The van der Waals surface area contributed by atoms with E-state index >= 15 is 0 Å². The number of nitrogens with one attached hydrogen (secondary N) is 1. The van der Waals surface area contributed by atoms with Crippen LogP contribution in [0.5, 0.6) is 5.75 Å². The number of hydrogen-bond donors (Lipinski definition) is 1. The molecule has 1 N–H and O–H groups in total. The highest BCUT2D eigenvalue weighted by molar-refractivity contribution is 6.31. The third-order valence-corrected chi connectivity index (χ3v) is 3.71. The van der Waals surface area contributed by atoms with Gasteiger partial charge in [0.25, 0.3) is 0 Å². The van der Waals surface area contributed by atoms with Crippen LogP contribution in [0.15, 0.2) is 18.2 Å². The Hall–Kier alpha value is -1.22. The zero-order valence-corrected chi connectivity index (χ0v) is 11.3. The van der Waals surface area contributed by atoms with Gasteiger partial charge in [0.1, 0.15) is 5.75 Å². The maximum Gasteiger partial charge on any atom is 0.224 e. The quantitative estimate of drug-likeness (QED) is 0.911. The van der Waals surface area contributed by atoms with E-state index in [0.717, 1.165) is 18.4 Å². The van der Waals surface area contributed by atoms with Crippen molar-refractivity contribution < 1.29 is 9.53 Å². The molecule has 0 heterocycles. The maximum atomic E-state index is 12.0. The highest BCUT2D eigenvalue weighted by Gasteiger charge is 2.19. The van der Waals surface area contributed by atoms with Crippen LogP contribution in [-0.2, 0) is 11.2 Å². The lowest BCUT2D eigenvalue weighted by atomic mass is 10.1. The summed E-state index contributed by atoms with van der Waals surface area (Å²) in [6.45, 7) is 0. The van der Waals surface area contributed by atoms with E-state index in [-0.39, 0.29) is 12.3 Å². The second kappa shape index (κ2) is 6.10. The Morgan fingerprint density at radius 2 is 2.17 bits per heavy atom. The summed E-state index contributed by atoms with van der Waals surface area (Å²) in [7, 11) is 1.59. The van der Waals surface area contributed by atoms with Gasteiger partial charge in [-0.2, -0.15) is 0 Å². The van der Waals surface area contributed by atoms with Crippen LogP contribution < -0.4 is 10.1 Å². The summed E-state index contributed by atoms with van der Waals surface area (Å²) in [5, 5.41) is 3.63. The van der Waals surface area contributed by atoms with E-state index in [2.05, 4.69) is 5.32 Å². The van der Waals surface area contributed by atoms with E-state index in [0.29, 0.717) is 16.8 Å². The first-order valence-electron chi connectivity index (χ1n) is 6.31. The third kappa shape index (κ3) is 3.16. The lowest BCUT2D eigenvalue weighted by Gasteiger charge is -2.14. The Labute approximate surface area is 112 Å². The fourth-order valence-corrected chi connectivity index (χ4v) is 2.64. The number of methoxy groups -OCH3 is 1. The largest absolute Gasteiger partial charge is 0.496 e. The second-order valence-corrected chi connectivity index (χ2v) is 5.05. The van der Waals surface area contributed by atoms with Gasteiger partial charge in [-0.25, -0.2) is 0 Å². The Bertz CT molecular complexity index is 428. The first-order chi connectivity index (χ1) is 8.70. The van der Waals surface area contributed by atoms with E-state index in [1.165, 1.54) is 12.8 Å². The lowest BCUT2D eigenvalue weighted by molar-refractivity contribution is -0.121. The van der Waals surface area contributed by atoms with E-state index < -0.39 is 0 Å². The number of hydrogen-bond acceptors (Lipinski definition) is 2. The average Bonchev–Trinajstić information content (AvgIpc) is 2.84. The Balaban J connectivity index is 2.01. The summed E-state index contributed by atoms with van der Waals surface area (Å²) in [5.74, 6) is 0.692. The minimum absolute atomic E-state index is 0.0216. The zero-order chi connectivity index (χ0) is 13.0. The van der Waals surface area contributed by atoms with Crippen molar-refractivity contribution in [3.63, 3.8) is 0 Å². The lowest BCUT2D eigenvalue weighted by Crippen LogP contribution is -2.33. The van der Waals surface area contributed by atoms with Crippen LogP contribution in [0, 0.1) is 0 Å². The minimum atomic E-state index is 0.0216. The number of ether oxygens (including phenoxy) is 1. The van der Waals surface area contributed by atoms with Gasteiger partial charge in [0, 0.05) is 16.6 Å². The van der Waals surface area contributed by atoms with Crippen molar-refractivity contribution in [1.29, 1.82) is 0 Å². The van der Waals surface area contributed by atoms with Crippen molar-refractivity contribution in [2.24, 2.45) is 0 Å². The first-order valence-corrected chi connectivity index (χ1v) is 6.69. The molecule has 18 heavy (non-hydrogen) atoms. The number of carbonyl (C=O) groups excluding carboxylic acids is 1. The van der Waals surface area contributed by atoms with Gasteiger partial charge < -0.3 is 10.1 Å². The fraction of sp³-hybridized carbons (Fsp3) is 0.500. The predicted molar refractivity (Wildman–Crippen MR) is 72.1 cm³/mol. The van der Waals surface area contributed by atoms with Gasteiger partial charge in [-0.15, -0.1) is 0 Å². The van der Waals surface area contributed by atoms with Crippen LogP contribution in [0.4, 0.5) is 0 Å². The summed E-state index contributed by atoms with van der Waals surface area (Å²) < 4.78 is 5.23. The molecule has 0 unspecified atom stereocenters. The minimum Gasteiger partial charge on any atom is -0.496 e. The second-order valence-electron chi connectivity index (χ2n) is 4.65. The molecule has 1 fully saturated rings. The molecular formula is C14H18ClNO2. The maximum absolute atomic E-state index is 12.0. The molecule has 1 saturated carbocycles. The molecule has 1 aliphatic rings. The molecule has 1 amide bonds. The molecule has 0 bridgehead atoms. The Kier molecular flexibility index (Phi) is 4.48. The highest BCUT2D eigenvalue weighted by atomic mass is 35.5. The molecule has 0 aromatic heterocycles. The highest BCUT2D eigenvalue weighted by Crippen LogP contribution is 2.27. The molecule has 1 aromatic carbocycles. The summed E-state index contributed by atoms with van der Waals surface area (Å²) in [6.07, 6.45) is 4.87. The number of carbonyl (C=O) groups is 1. The Morgan fingerprint density at radius 1 is 1.44 bits per heavy atom. The molecule has 1 aliphatic carbocycles. The van der Waals surface area contributed by atoms with Crippen LogP contribution in [0.1, 0.15) is 31.2 Å². The van der Waals surface area contributed by atoms with Gasteiger partial charge in [0.2, 0.25) is 5.91 Å². The summed E-state index contributed by atoms with van der Waals surface area (Å²) in [5.41, 5.74) is 0.761. The average molecular weight is 268 g/mol. The fourth-order valence-electron chi connectivity index (χ4n) is 2.41.